The summed E-state index contributed by atoms with van der Waals surface area (Å²) in [6.07, 6.45) is 0.260. The van der Waals surface area contributed by atoms with Gasteiger partial charge in [0.15, 0.2) is 5.96 Å². The average Bonchev–Trinajstić information content (AvgIpc) is 2.72. The highest BCUT2D eigenvalue weighted by Crippen LogP contribution is 2.09. The molecular weight excluding hydrogens is 460 g/mol. The Bertz CT molecular complexity index is 782. The summed E-state index contributed by atoms with van der Waals surface area (Å²) in [5.41, 5.74) is 21.5. The Balaban J connectivity index is 5.41. The van der Waals surface area contributed by atoms with Gasteiger partial charge in [-0.15, -0.1) is 0 Å². The first-order valence-electron chi connectivity index (χ1n) is 11.4. The summed E-state index contributed by atoms with van der Waals surface area (Å²) in [5.74, 6) is -4.84. The molecule has 200 valence electrons. The van der Waals surface area contributed by atoms with Crippen LogP contribution in [0.2, 0.25) is 0 Å². The summed E-state index contributed by atoms with van der Waals surface area (Å²) in [6, 6.07) is -4.66. The van der Waals surface area contributed by atoms with Gasteiger partial charge >= 0.3 is 5.97 Å². The molecule has 0 aromatic heterocycles. The van der Waals surface area contributed by atoms with Gasteiger partial charge in [0, 0.05) is 6.54 Å². The number of nitrogens with zero attached hydrogens (tertiary/aromatic N) is 1. The maximum Gasteiger partial charge on any atom is 0.326 e. The molecule has 0 aliphatic carbocycles. The molecule has 0 rings (SSSR count). The van der Waals surface area contributed by atoms with E-state index in [1.165, 1.54) is 0 Å². The predicted molar refractivity (Wildman–Crippen MR) is 129 cm³/mol. The number of hydrogen-bond donors (Lipinski definition) is 8. The number of rotatable bonds is 16. The Morgan fingerprint density at radius 1 is 0.857 bits per heavy atom. The molecule has 0 aromatic rings. The van der Waals surface area contributed by atoms with Crippen LogP contribution in [0.25, 0.3) is 0 Å². The highest BCUT2D eigenvalue weighted by Gasteiger charge is 2.32. The van der Waals surface area contributed by atoms with Crippen LogP contribution in [0.4, 0.5) is 0 Å². The van der Waals surface area contributed by atoms with E-state index in [2.05, 4.69) is 20.9 Å². The van der Waals surface area contributed by atoms with Crippen molar-refractivity contribution in [1.29, 1.82) is 0 Å². The number of nitrogens with two attached hydrogens (primary N) is 4. The Hall–Kier alpha value is -3.42. The summed E-state index contributed by atoms with van der Waals surface area (Å²) in [6.45, 7) is 7.15. The molecule has 0 saturated carbocycles. The summed E-state index contributed by atoms with van der Waals surface area (Å²) >= 11 is 0. The number of carbonyl (C=O) groups excluding carboxylic acids is 4. The lowest BCUT2D eigenvalue weighted by Gasteiger charge is -2.26. The van der Waals surface area contributed by atoms with Gasteiger partial charge in [-0.25, -0.2) is 4.79 Å². The quantitative estimate of drug-likeness (QED) is 0.0631. The summed E-state index contributed by atoms with van der Waals surface area (Å²) in [5, 5.41) is 16.6. The molecule has 0 radical (unpaired) electrons. The second-order valence-corrected chi connectivity index (χ2v) is 9.05. The predicted octanol–water partition coefficient (Wildman–Crippen LogP) is -2.52. The Kier molecular flexibility index (Phi) is 14.0. The Labute approximate surface area is 205 Å². The molecule has 12 N–H and O–H groups in total. The van der Waals surface area contributed by atoms with Gasteiger partial charge in [0.25, 0.3) is 0 Å². The van der Waals surface area contributed by atoms with Crippen LogP contribution in [-0.2, 0) is 24.0 Å². The highest BCUT2D eigenvalue weighted by atomic mass is 16.4. The van der Waals surface area contributed by atoms with Crippen molar-refractivity contribution >= 4 is 35.6 Å². The molecular formula is C21H40N8O6. The minimum absolute atomic E-state index is 0.0452. The van der Waals surface area contributed by atoms with Gasteiger partial charge in [-0.3, -0.25) is 24.2 Å². The number of amides is 4. The monoisotopic (exact) mass is 500 g/mol. The molecule has 0 aromatic carbocycles. The van der Waals surface area contributed by atoms with Crippen molar-refractivity contribution in [3.63, 3.8) is 0 Å². The summed E-state index contributed by atoms with van der Waals surface area (Å²) < 4.78 is 0. The molecule has 14 nitrogen and oxygen atoms in total. The van der Waals surface area contributed by atoms with E-state index in [-0.39, 0.29) is 31.3 Å². The number of aliphatic carboxylic acids is 1. The molecule has 0 saturated heterocycles. The first kappa shape index (κ1) is 31.6. The van der Waals surface area contributed by atoms with Crippen molar-refractivity contribution < 1.29 is 29.1 Å². The van der Waals surface area contributed by atoms with Gasteiger partial charge in [-0.05, 0) is 31.1 Å². The van der Waals surface area contributed by atoms with Gasteiger partial charge in [-0.1, -0.05) is 27.7 Å². The third-order valence-electron chi connectivity index (χ3n) is 4.91. The van der Waals surface area contributed by atoms with E-state index >= 15 is 0 Å². The van der Waals surface area contributed by atoms with Crippen molar-refractivity contribution in [2.24, 2.45) is 39.8 Å². The van der Waals surface area contributed by atoms with Gasteiger partial charge in [0.1, 0.15) is 18.1 Å². The smallest absolute Gasteiger partial charge is 0.326 e. The number of carboxylic acids is 1. The zero-order valence-corrected chi connectivity index (χ0v) is 20.7. The number of aliphatic imine (C=N–C) groups is 1. The molecule has 4 amide bonds. The van der Waals surface area contributed by atoms with Gasteiger partial charge < -0.3 is 44.0 Å². The van der Waals surface area contributed by atoms with Crippen molar-refractivity contribution in [1.82, 2.24) is 16.0 Å². The van der Waals surface area contributed by atoms with E-state index in [4.69, 9.17) is 22.9 Å². The zero-order valence-electron chi connectivity index (χ0n) is 20.7. The third kappa shape index (κ3) is 13.2. The van der Waals surface area contributed by atoms with Crippen LogP contribution in [0.15, 0.2) is 4.99 Å². The van der Waals surface area contributed by atoms with Crippen LogP contribution in [0.1, 0.15) is 53.4 Å². The van der Waals surface area contributed by atoms with Crippen LogP contribution < -0.4 is 38.9 Å². The average molecular weight is 501 g/mol. The van der Waals surface area contributed by atoms with Crippen molar-refractivity contribution in [2.75, 3.05) is 6.54 Å². The van der Waals surface area contributed by atoms with Gasteiger partial charge in [0.05, 0.1) is 12.5 Å². The fraction of sp³-hybridized carbons (Fsp3) is 0.714. The van der Waals surface area contributed by atoms with E-state index in [1.807, 2.05) is 13.8 Å². The minimum Gasteiger partial charge on any atom is -0.480 e. The third-order valence-corrected chi connectivity index (χ3v) is 4.91. The number of hydrogen-bond acceptors (Lipinski definition) is 7. The minimum atomic E-state index is -1.38. The maximum atomic E-state index is 12.9. The number of carboxylic acid groups (broad SMARTS) is 1. The highest BCUT2D eigenvalue weighted by molar-refractivity contribution is 5.96. The Morgan fingerprint density at radius 2 is 1.40 bits per heavy atom. The molecule has 4 atom stereocenters. The molecule has 35 heavy (non-hydrogen) atoms. The van der Waals surface area contributed by atoms with Crippen LogP contribution in [0, 0.1) is 11.8 Å². The maximum absolute atomic E-state index is 12.9. The number of carbonyl (C=O) groups is 5. The standard InChI is InChI=1S/C21H40N8O6/c1-10(2)8-13(19(33)29-16(11(3)4)20(34)35)28-18(32)14(9-15(23)30)27-17(31)12(22)6-5-7-26-21(24)25/h10-14,16H,5-9,22H2,1-4H3,(H2,23,30)(H,27,31)(H,28,32)(H,29,33)(H,34,35)(H4,24,25,26). The first-order chi connectivity index (χ1) is 16.1. The van der Waals surface area contributed by atoms with Crippen molar-refractivity contribution in [3.8, 4) is 0 Å². The largest absolute Gasteiger partial charge is 0.480 e. The lowest BCUT2D eigenvalue weighted by atomic mass is 10.00. The molecule has 0 bridgehead atoms. The molecule has 0 spiro atoms. The topological polar surface area (TPSA) is 258 Å². The van der Waals surface area contributed by atoms with E-state index in [0.29, 0.717) is 6.42 Å². The van der Waals surface area contributed by atoms with Crippen molar-refractivity contribution in [3.05, 3.63) is 0 Å². The van der Waals surface area contributed by atoms with E-state index in [0.717, 1.165) is 0 Å². The lowest BCUT2D eigenvalue weighted by Crippen LogP contribution is -2.58. The van der Waals surface area contributed by atoms with E-state index in [1.54, 1.807) is 13.8 Å². The molecule has 14 heteroatoms. The second-order valence-electron chi connectivity index (χ2n) is 9.05. The molecule has 4 unspecified atom stereocenters. The number of primary amides is 1. The van der Waals surface area contributed by atoms with E-state index < -0.39 is 66.1 Å². The van der Waals surface area contributed by atoms with Crippen molar-refractivity contribution in [2.45, 2.75) is 77.5 Å². The van der Waals surface area contributed by atoms with Gasteiger partial charge in [-0.2, -0.15) is 0 Å². The van der Waals surface area contributed by atoms with Crippen LogP contribution >= 0.6 is 0 Å². The van der Waals surface area contributed by atoms with Gasteiger partial charge in [0.2, 0.25) is 23.6 Å². The first-order valence-corrected chi connectivity index (χ1v) is 11.4. The molecule has 0 heterocycles. The normalized spacial score (nSPS) is 14.4. The number of nitrogens with one attached hydrogen (secondary N) is 3. The zero-order chi connectivity index (χ0) is 27.3. The second kappa shape index (κ2) is 15.5. The summed E-state index contributed by atoms with van der Waals surface area (Å²) in [7, 11) is 0. The molecule has 0 aliphatic rings. The SMILES string of the molecule is CC(C)CC(NC(=O)C(CC(N)=O)NC(=O)C(N)CCCN=C(N)N)C(=O)NC(C(=O)O)C(C)C. The summed E-state index contributed by atoms with van der Waals surface area (Å²) in [4.78, 5) is 64.9. The van der Waals surface area contributed by atoms with Crippen LogP contribution in [0.3, 0.4) is 0 Å². The lowest BCUT2D eigenvalue weighted by molar-refractivity contribution is -0.143. The van der Waals surface area contributed by atoms with E-state index in [9.17, 15) is 29.1 Å². The fourth-order valence-electron chi connectivity index (χ4n) is 3.08. The fourth-order valence-corrected chi connectivity index (χ4v) is 3.08. The molecule has 0 aliphatic heterocycles. The van der Waals surface area contributed by atoms with Crippen LogP contribution in [0.5, 0.6) is 0 Å². The van der Waals surface area contributed by atoms with Crippen LogP contribution in [-0.4, -0.2) is 71.4 Å². The molecule has 0 fully saturated rings. The number of guanidine groups is 1. The Morgan fingerprint density at radius 3 is 1.86 bits per heavy atom.